The van der Waals surface area contributed by atoms with Crippen molar-refractivity contribution in [2.75, 3.05) is 0 Å². The quantitative estimate of drug-likeness (QED) is 0.516. The Bertz CT molecular complexity index is 888. The molecule has 0 spiro atoms. The maximum absolute atomic E-state index is 9.66. The van der Waals surface area contributed by atoms with Crippen LogP contribution in [-0.4, -0.2) is 5.11 Å². The molecule has 4 aromatic carbocycles. The molecule has 0 aromatic heterocycles. The summed E-state index contributed by atoms with van der Waals surface area (Å²) >= 11 is 0. The van der Waals surface area contributed by atoms with Crippen LogP contribution in [0.2, 0.25) is 0 Å². The summed E-state index contributed by atoms with van der Waals surface area (Å²) < 4.78 is 6.82. The van der Waals surface area contributed by atoms with Gasteiger partial charge in [-0.25, -0.2) is 0 Å². The summed E-state index contributed by atoms with van der Waals surface area (Å²) in [6.07, 6.45) is 0. The standard InChI is InChI=1S/C24H19O2P/c25-20-16-18-21(19-17-20)26-27(22-10-4-1-5-11-22,23-12-6-2-7-13-23)24-14-8-3-9-15-24/h1-19H/p+1. The van der Waals surface area contributed by atoms with Gasteiger partial charge in [0.15, 0.2) is 5.75 Å². The Morgan fingerprint density at radius 3 is 1.22 bits per heavy atom. The maximum atomic E-state index is 9.66. The fraction of sp³-hybridized carbons (Fsp3) is 0. The van der Waals surface area contributed by atoms with E-state index in [0.717, 1.165) is 21.7 Å². The number of hydrogen-bond acceptors (Lipinski definition) is 2. The molecule has 4 aromatic rings. The van der Waals surface area contributed by atoms with Crippen LogP contribution in [0.1, 0.15) is 0 Å². The van der Waals surface area contributed by atoms with Gasteiger partial charge in [-0.05, 0) is 60.7 Å². The first-order valence-corrected chi connectivity index (χ1v) is 10.5. The number of benzene rings is 4. The van der Waals surface area contributed by atoms with Gasteiger partial charge >= 0.3 is 0 Å². The third-order valence-electron chi connectivity index (χ3n) is 4.44. The maximum Gasteiger partial charge on any atom is 0.287 e. The van der Waals surface area contributed by atoms with Crippen LogP contribution in [0.25, 0.3) is 0 Å². The van der Waals surface area contributed by atoms with Crippen molar-refractivity contribution in [1.29, 1.82) is 0 Å². The van der Waals surface area contributed by atoms with Gasteiger partial charge in [-0.1, -0.05) is 54.6 Å². The van der Waals surface area contributed by atoms with Gasteiger partial charge < -0.3 is 9.63 Å². The molecule has 27 heavy (non-hydrogen) atoms. The Kier molecular flexibility index (Phi) is 4.91. The molecule has 0 unspecified atom stereocenters. The minimum Gasteiger partial charge on any atom is -0.508 e. The molecule has 0 saturated heterocycles. The van der Waals surface area contributed by atoms with Crippen LogP contribution in [0.4, 0.5) is 0 Å². The van der Waals surface area contributed by atoms with E-state index < -0.39 is 7.49 Å². The number of aromatic hydroxyl groups is 1. The minimum atomic E-state index is -2.37. The molecule has 0 saturated carbocycles. The zero-order valence-electron chi connectivity index (χ0n) is 14.8. The average Bonchev–Trinajstić information content (AvgIpc) is 2.75. The highest BCUT2D eigenvalue weighted by Gasteiger charge is 2.49. The summed E-state index contributed by atoms with van der Waals surface area (Å²) in [7, 11) is -2.37. The average molecular weight is 371 g/mol. The van der Waals surface area contributed by atoms with E-state index in [-0.39, 0.29) is 5.75 Å². The van der Waals surface area contributed by atoms with Crippen molar-refractivity contribution in [2.45, 2.75) is 0 Å². The SMILES string of the molecule is Oc1ccc(O[P+](c2ccccc2)(c2ccccc2)c2ccccc2)cc1. The second kappa shape index (κ2) is 7.65. The second-order valence-corrected chi connectivity index (χ2v) is 9.15. The molecular weight excluding hydrogens is 351 g/mol. The van der Waals surface area contributed by atoms with Crippen LogP contribution in [-0.2, 0) is 0 Å². The molecule has 0 atom stereocenters. The zero-order chi connectivity index (χ0) is 18.5. The van der Waals surface area contributed by atoms with Gasteiger partial charge in [-0.3, -0.25) is 0 Å². The number of rotatable bonds is 5. The van der Waals surface area contributed by atoms with E-state index >= 15 is 0 Å². The zero-order valence-corrected chi connectivity index (χ0v) is 15.7. The molecule has 0 fully saturated rings. The molecule has 0 heterocycles. The summed E-state index contributed by atoms with van der Waals surface area (Å²) in [6.45, 7) is 0. The molecule has 0 bridgehead atoms. The molecule has 0 radical (unpaired) electrons. The molecule has 0 aliphatic carbocycles. The Morgan fingerprint density at radius 1 is 0.481 bits per heavy atom. The van der Waals surface area contributed by atoms with Crippen LogP contribution >= 0.6 is 7.49 Å². The summed E-state index contributed by atoms with van der Waals surface area (Å²) in [4.78, 5) is 0. The van der Waals surface area contributed by atoms with Crippen molar-refractivity contribution in [3.05, 3.63) is 115 Å². The van der Waals surface area contributed by atoms with Gasteiger partial charge in [0, 0.05) is 0 Å². The Labute approximate surface area is 160 Å². The van der Waals surface area contributed by atoms with Crippen LogP contribution in [0.5, 0.6) is 11.5 Å². The molecule has 0 aliphatic heterocycles. The Balaban J connectivity index is 1.98. The van der Waals surface area contributed by atoms with E-state index in [1.165, 1.54) is 0 Å². The summed E-state index contributed by atoms with van der Waals surface area (Å²) in [5.41, 5.74) is 0. The van der Waals surface area contributed by atoms with Gasteiger partial charge in [0.1, 0.15) is 21.7 Å². The first-order chi connectivity index (χ1) is 13.3. The molecule has 2 nitrogen and oxygen atoms in total. The number of phenolic OH excluding ortho intramolecular Hbond substituents is 1. The third kappa shape index (κ3) is 3.45. The van der Waals surface area contributed by atoms with Crippen molar-refractivity contribution in [1.82, 2.24) is 0 Å². The van der Waals surface area contributed by atoms with Gasteiger partial charge in [0.25, 0.3) is 7.49 Å². The van der Waals surface area contributed by atoms with Crippen molar-refractivity contribution in [2.24, 2.45) is 0 Å². The lowest BCUT2D eigenvalue weighted by Gasteiger charge is -2.26. The fourth-order valence-corrected chi connectivity index (χ4v) is 6.61. The molecule has 4 rings (SSSR count). The molecular formula is C24H20O2P+. The Hall–Kier alpha value is -3.09. The predicted molar refractivity (Wildman–Crippen MR) is 114 cm³/mol. The van der Waals surface area contributed by atoms with Crippen molar-refractivity contribution < 1.29 is 9.63 Å². The van der Waals surface area contributed by atoms with E-state index in [4.69, 9.17) is 4.52 Å². The number of hydrogen-bond donors (Lipinski definition) is 1. The topological polar surface area (TPSA) is 29.5 Å². The predicted octanol–water partition coefficient (Wildman–Crippen LogP) is 4.68. The first kappa shape index (κ1) is 17.3. The van der Waals surface area contributed by atoms with E-state index in [9.17, 15) is 5.11 Å². The fourth-order valence-electron chi connectivity index (χ4n) is 3.18. The van der Waals surface area contributed by atoms with Crippen LogP contribution < -0.4 is 20.4 Å². The lowest BCUT2D eigenvalue weighted by molar-refractivity contribution is 0.474. The highest BCUT2D eigenvalue weighted by Crippen LogP contribution is 2.56. The van der Waals surface area contributed by atoms with Crippen LogP contribution in [0.3, 0.4) is 0 Å². The van der Waals surface area contributed by atoms with Gasteiger partial charge in [0.2, 0.25) is 0 Å². The lowest BCUT2D eigenvalue weighted by atomic mass is 10.3. The van der Waals surface area contributed by atoms with Crippen molar-refractivity contribution >= 4 is 23.4 Å². The molecule has 0 amide bonds. The van der Waals surface area contributed by atoms with E-state index in [1.807, 2.05) is 30.3 Å². The van der Waals surface area contributed by atoms with Crippen LogP contribution in [0.15, 0.2) is 115 Å². The van der Waals surface area contributed by atoms with Crippen molar-refractivity contribution in [3.63, 3.8) is 0 Å². The largest absolute Gasteiger partial charge is 0.508 e. The highest BCUT2D eigenvalue weighted by molar-refractivity contribution is 7.92. The minimum absolute atomic E-state index is 0.227. The molecule has 132 valence electrons. The highest BCUT2D eigenvalue weighted by atomic mass is 31.2. The van der Waals surface area contributed by atoms with E-state index in [1.54, 1.807) is 12.1 Å². The van der Waals surface area contributed by atoms with Crippen molar-refractivity contribution in [3.8, 4) is 11.5 Å². The smallest absolute Gasteiger partial charge is 0.287 e. The summed E-state index contributed by atoms with van der Waals surface area (Å²) in [5.74, 6) is 0.961. The molecule has 1 N–H and O–H groups in total. The Morgan fingerprint density at radius 2 is 0.852 bits per heavy atom. The summed E-state index contributed by atoms with van der Waals surface area (Å²) in [5, 5.41) is 13.1. The van der Waals surface area contributed by atoms with E-state index in [0.29, 0.717) is 0 Å². The van der Waals surface area contributed by atoms with Crippen LogP contribution in [0, 0.1) is 0 Å². The third-order valence-corrected chi connectivity index (χ3v) is 8.00. The van der Waals surface area contributed by atoms with Gasteiger partial charge in [0.05, 0.1) is 0 Å². The molecule has 0 aliphatic rings. The number of phenols is 1. The normalized spacial score (nSPS) is 11.1. The monoisotopic (exact) mass is 371 g/mol. The van der Waals surface area contributed by atoms with E-state index in [2.05, 4.69) is 72.8 Å². The van der Waals surface area contributed by atoms with Gasteiger partial charge in [-0.2, -0.15) is 0 Å². The summed E-state index contributed by atoms with van der Waals surface area (Å²) in [6, 6.07) is 38.1. The van der Waals surface area contributed by atoms with Gasteiger partial charge in [-0.15, -0.1) is 0 Å². The second-order valence-electron chi connectivity index (χ2n) is 6.20. The lowest BCUT2D eigenvalue weighted by Crippen LogP contribution is -2.34. The molecule has 3 heteroatoms. The first-order valence-electron chi connectivity index (χ1n) is 8.83.